The molecule has 0 aliphatic carbocycles. The molecule has 2 atom stereocenters. The third-order valence-electron chi connectivity index (χ3n) is 5.57. The van der Waals surface area contributed by atoms with E-state index in [4.69, 9.17) is 0 Å². The lowest BCUT2D eigenvalue weighted by Gasteiger charge is -2.34. The lowest BCUT2D eigenvalue weighted by atomic mass is 9.91. The van der Waals surface area contributed by atoms with Crippen LogP contribution in [0.2, 0.25) is 0 Å². The highest BCUT2D eigenvalue weighted by molar-refractivity contribution is 5.95. The van der Waals surface area contributed by atoms with Gasteiger partial charge in [0.05, 0.1) is 5.92 Å². The molecule has 0 radical (unpaired) electrons. The van der Waals surface area contributed by atoms with Gasteiger partial charge in [-0.1, -0.05) is 19.8 Å². The first-order chi connectivity index (χ1) is 13.4. The molecule has 0 aromatic heterocycles. The number of benzene rings is 1. The average molecular weight is 387 g/mol. The van der Waals surface area contributed by atoms with Crippen LogP contribution in [0.25, 0.3) is 0 Å². The van der Waals surface area contributed by atoms with Crippen LogP contribution in [0, 0.1) is 11.8 Å². The first kappa shape index (κ1) is 20.2. The van der Waals surface area contributed by atoms with E-state index < -0.39 is 11.9 Å². The van der Waals surface area contributed by atoms with Crippen LogP contribution in [-0.4, -0.2) is 59.0 Å². The fourth-order valence-corrected chi connectivity index (χ4v) is 4.05. The van der Waals surface area contributed by atoms with Crippen molar-refractivity contribution >= 4 is 23.6 Å². The number of nitrogens with zero attached hydrogens (tertiary/aromatic N) is 2. The Bertz CT molecular complexity index is 711. The van der Waals surface area contributed by atoms with Gasteiger partial charge in [0, 0.05) is 37.4 Å². The SMILES string of the molecule is CC1CC(C(=O)O)CN(C(=O)Nc2ccc(C(=O)N3CCCCCC3)cc2)C1. The molecule has 28 heavy (non-hydrogen) atoms. The molecular weight excluding hydrogens is 358 g/mol. The second-order valence-electron chi connectivity index (χ2n) is 7.99. The Morgan fingerprint density at radius 1 is 0.964 bits per heavy atom. The monoisotopic (exact) mass is 387 g/mol. The number of likely N-dealkylation sites (tertiary alicyclic amines) is 2. The highest BCUT2D eigenvalue weighted by Gasteiger charge is 2.32. The molecule has 7 nitrogen and oxygen atoms in total. The summed E-state index contributed by atoms with van der Waals surface area (Å²) in [6, 6.07) is 6.63. The first-order valence-corrected chi connectivity index (χ1v) is 10.1. The number of hydrogen-bond donors (Lipinski definition) is 2. The number of piperidine rings is 1. The van der Waals surface area contributed by atoms with Crippen molar-refractivity contribution in [1.82, 2.24) is 9.80 Å². The number of amides is 3. The molecule has 2 aliphatic rings. The Hall–Kier alpha value is -2.57. The minimum absolute atomic E-state index is 0.0360. The van der Waals surface area contributed by atoms with E-state index >= 15 is 0 Å². The fourth-order valence-electron chi connectivity index (χ4n) is 4.05. The molecule has 1 aromatic rings. The molecule has 152 valence electrons. The maximum atomic E-state index is 12.6. The Morgan fingerprint density at radius 3 is 2.21 bits per heavy atom. The summed E-state index contributed by atoms with van der Waals surface area (Å²) < 4.78 is 0. The molecule has 3 amide bonds. The molecule has 2 heterocycles. The van der Waals surface area contributed by atoms with Crippen LogP contribution in [0.4, 0.5) is 10.5 Å². The standard InChI is InChI=1S/C21H29N3O4/c1-15-12-17(20(26)27)14-24(13-15)21(28)22-18-8-6-16(7-9-18)19(25)23-10-4-2-3-5-11-23/h6-9,15,17H,2-5,10-14H2,1H3,(H,22,28)(H,26,27). The summed E-state index contributed by atoms with van der Waals surface area (Å²) in [7, 11) is 0. The zero-order valence-electron chi connectivity index (χ0n) is 16.4. The van der Waals surface area contributed by atoms with Crippen molar-refractivity contribution in [1.29, 1.82) is 0 Å². The Kier molecular flexibility index (Phi) is 6.54. The molecule has 2 saturated heterocycles. The summed E-state index contributed by atoms with van der Waals surface area (Å²) in [5, 5.41) is 12.1. The van der Waals surface area contributed by atoms with E-state index in [0.29, 0.717) is 24.2 Å². The summed E-state index contributed by atoms with van der Waals surface area (Å²) in [5.74, 6) is -1.20. The summed E-state index contributed by atoms with van der Waals surface area (Å²) >= 11 is 0. The Labute approximate surface area is 165 Å². The zero-order valence-corrected chi connectivity index (χ0v) is 16.4. The van der Waals surface area contributed by atoms with Crippen molar-refractivity contribution in [2.45, 2.75) is 39.0 Å². The molecule has 2 unspecified atom stereocenters. The van der Waals surface area contributed by atoms with E-state index in [9.17, 15) is 19.5 Å². The van der Waals surface area contributed by atoms with E-state index in [0.717, 1.165) is 25.9 Å². The van der Waals surface area contributed by atoms with E-state index in [2.05, 4.69) is 5.32 Å². The number of anilines is 1. The third kappa shape index (κ3) is 5.03. The van der Waals surface area contributed by atoms with Crippen LogP contribution < -0.4 is 5.32 Å². The second kappa shape index (κ2) is 9.08. The molecule has 0 saturated carbocycles. The number of nitrogens with one attached hydrogen (secondary N) is 1. The van der Waals surface area contributed by atoms with Crippen LogP contribution in [-0.2, 0) is 4.79 Å². The van der Waals surface area contributed by atoms with E-state index in [-0.39, 0.29) is 24.4 Å². The van der Waals surface area contributed by atoms with Crippen LogP contribution >= 0.6 is 0 Å². The minimum Gasteiger partial charge on any atom is -0.481 e. The van der Waals surface area contributed by atoms with Crippen LogP contribution in [0.15, 0.2) is 24.3 Å². The highest BCUT2D eigenvalue weighted by atomic mass is 16.4. The molecular formula is C21H29N3O4. The van der Waals surface area contributed by atoms with E-state index in [1.165, 1.54) is 12.8 Å². The smallest absolute Gasteiger partial charge is 0.321 e. The number of carboxylic acids is 1. The third-order valence-corrected chi connectivity index (χ3v) is 5.57. The van der Waals surface area contributed by atoms with Gasteiger partial charge in [0.15, 0.2) is 0 Å². The van der Waals surface area contributed by atoms with Crippen molar-refractivity contribution in [3.63, 3.8) is 0 Å². The van der Waals surface area contributed by atoms with Crippen LogP contribution in [0.1, 0.15) is 49.4 Å². The summed E-state index contributed by atoms with van der Waals surface area (Å²) in [5.41, 5.74) is 1.22. The van der Waals surface area contributed by atoms with Gasteiger partial charge in [-0.05, 0) is 49.4 Å². The first-order valence-electron chi connectivity index (χ1n) is 10.1. The molecule has 3 rings (SSSR count). The predicted molar refractivity (Wildman–Crippen MR) is 106 cm³/mol. The quantitative estimate of drug-likeness (QED) is 0.833. The normalized spacial score (nSPS) is 23.0. The molecule has 2 N–H and O–H groups in total. The van der Waals surface area contributed by atoms with Gasteiger partial charge in [-0.3, -0.25) is 9.59 Å². The van der Waals surface area contributed by atoms with Crippen molar-refractivity contribution in [3.8, 4) is 0 Å². The average Bonchev–Trinajstić information content (AvgIpc) is 2.97. The van der Waals surface area contributed by atoms with Gasteiger partial charge in [0.2, 0.25) is 0 Å². The maximum absolute atomic E-state index is 12.6. The lowest BCUT2D eigenvalue weighted by molar-refractivity contribution is -0.143. The number of rotatable bonds is 3. The number of carboxylic acid groups (broad SMARTS) is 1. The van der Waals surface area contributed by atoms with Gasteiger partial charge in [-0.25, -0.2) is 4.79 Å². The minimum atomic E-state index is -0.860. The molecule has 2 aliphatic heterocycles. The number of urea groups is 1. The maximum Gasteiger partial charge on any atom is 0.321 e. The number of aliphatic carboxylic acids is 1. The van der Waals surface area contributed by atoms with Gasteiger partial charge in [-0.2, -0.15) is 0 Å². The molecule has 7 heteroatoms. The van der Waals surface area contributed by atoms with Crippen molar-refractivity contribution in [2.24, 2.45) is 11.8 Å². The number of carbonyl (C=O) groups is 3. The molecule has 1 aromatic carbocycles. The van der Waals surface area contributed by atoms with E-state index in [1.807, 2.05) is 11.8 Å². The summed E-state index contributed by atoms with van der Waals surface area (Å²) in [6.07, 6.45) is 5.03. The van der Waals surface area contributed by atoms with Gasteiger partial charge in [0.1, 0.15) is 0 Å². The molecule has 2 fully saturated rings. The van der Waals surface area contributed by atoms with Crippen molar-refractivity contribution in [3.05, 3.63) is 29.8 Å². The summed E-state index contributed by atoms with van der Waals surface area (Å²) in [4.78, 5) is 39.9. The predicted octanol–water partition coefficient (Wildman–Crippen LogP) is 3.28. The Balaban J connectivity index is 1.59. The fraction of sp³-hybridized carbons (Fsp3) is 0.571. The highest BCUT2D eigenvalue weighted by Crippen LogP contribution is 2.23. The zero-order chi connectivity index (χ0) is 20.1. The number of carbonyl (C=O) groups excluding carboxylic acids is 2. The second-order valence-corrected chi connectivity index (χ2v) is 7.99. The van der Waals surface area contributed by atoms with Crippen molar-refractivity contribution in [2.75, 3.05) is 31.5 Å². The molecule has 0 bridgehead atoms. The number of hydrogen-bond acceptors (Lipinski definition) is 3. The van der Waals surface area contributed by atoms with Gasteiger partial charge in [0.25, 0.3) is 5.91 Å². The van der Waals surface area contributed by atoms with E-state index in [1.54, 1.807) is 29.2 Å². The topological polar surface area (TPSA) is 90.0 Å². The van der Waals surface area contributed by atoms with Crippen LogP contribution in [0.5, 0.6) is 0 Å². The largest absolute Gasteiger partial charge is 0.481 e. The van der Waals surface area contributed by atoms with Gasteiger partial charge >= 0.3 is 12.0 Å². The molecule has 0 spiro atoms. The summed E-state index contributed by atoms with van der Waals surface area (Å²) in [6.45, 7) is 4.32. The Morgan fingerprint density at radius 2 is 1.61 bits per heavy atom. The van der Waals surface area contributed by atoms with Crippen molar-refractivity contribution < 1.29 is 19.5 Å². The lowest BCUT2D eigenvalue weighted by Crippen LogP contribution is -2.47. The van der Waals surface area contributed by atoms with Gasteiger partial charge in [-0.15, -0.1) is 0 Å². The van der Waals surface area contributed by atoms with Gasteiger partial charge < -0.3 is 20.2 Å². The van der Waals surface area contributed by atoms with Crippen LogP contribution in [0.3, 0.4) is 0 Å².